The number of hydrogen-bond donors (Lipinski definition) is 1. The average Bonchev–Trinajstić information content (AvgIpc) is 2.84. The van der Waals surface area contributed by atoms with Crippen LogP contribution in [0.1, 0.15) is 47.4 Å². The molecular weight excluding hydrogens is 224 g/mol. The normalized spacial score (nSPS) is 20.4. The fraction of sp³-hybridized carbons (Fsp3) is 0.400. The summed E-state index contributed by atoms with van der Waals surface area (Å²) in [6, 6.07) is 6.19. The lowest BCUT2D eigenvalue weighted by atomic mass is 9.80. The van der Waals surface area contributed by atoms with Crippen molar-refractivity contribution in [1.29, 1.82) is 0 Å². The van der Waals surface area contributed by atoms with Gasteiger partial charge < -0.3 is 10.2 Å². The molecule has 18 heavy (non-hydrogen) atoms. The molecular formula is C15H18N2O. The summed E-state index contributed by atoms with van der Waals surface area (Å²) in [7, 11) is 0. The zero-order valence-corrected chi connectivity index (χ0v) is 10.6. The molecule has 94 valence electrons. The van der Waals surface area contributed by atoms with E-state index in [1.807, 2.05) is 25.3 Å². The van der Waals surface area contributed by atoms with E-state index in [9.17, 15) is 0 Å². The van der Waals surface area contributed by atoms with Crippen LogP contribution >= 0.6 is 0 Å². The Morgan fingerprint density at radius 1 is 1.50 bits per heavy atom. The van der Waals surface area contributed by atoms with E-state index in [0.717, 1.165) is 24.2 Å². The van der Waals surface area contributed by atoms with Gasteiger partial charge in [0.05, 0.1) is 6.26 Å². The molecule has 0 saturated carbocycles. The standard InChI is InChI=1S/C15H18N2O/c1-10-8-12(9-18-10)14(16)13-6-2-4-11-5-3-7-17-15(11)13/h3,5,7-9,13-14H,2,4,6,16H2,1H3. The van der Waals surface area contributed by atoms with E-state index in [-0.39, 0.29) is 6.04 Å². The van der Waals surface area contributed by atoms with Gasteiger partial charge in [-0.05, 0) is 43.9 Å². The fourth-order valence-corrected chi connectivity index (χ4v) is 2.87. The summed E-state index contributed by atoms with van der Waals surface area (Å²) in [5, 5.41) is 0. The van der Waals surface area contributed by atoms with E-state index in [1.54, 1.807) is 6.26 Å². The molecule has 0 spiro atoms. The molecule has 3 nitrogen and oxygen atoms in total. The van der Waals surface area contributed by atoms with Crippen LogP contribution in [0.5, 0.6) is 0 Å². The van der Waals surface area contributed by atoms with Crippen molar-refractivity contribution in [2.24, 2.45) is 5.73 Å². The van der Waals surface area contributed by atoms with Crippen LogP contribution in [-0.2, 0) is 6.42 Å². The summed E-state index contributed by atoms with van der Waals surface area (Å²) >= 11 is 0. The highest BCUT2D eigenvalue weighted by Crippen LogP contribution is 2.38. The Bertz CT molecular complexity index is 547. The summed E-state index contributed by atoms with van der Waals surface area (Å²) in [5.74, 6) is 1.23. The number of furan rings is 1. The summed E-state index contributed by atoms with van der Waals surface area (Å²) in [6.45, 7) is 1.95. The molecule has 0 aliphatic heterocycles. The molecule has 2 aromatic rings. The van der Waals surface area contributed by atoms with Crippen LogP contribution in [0, 0.1) is 6.92 Å². The SMILES string of the molecule is Cc1cc(C(N)C2CCCc3cccnc32)co1. The van der Waals surface area contributed by atoms with E-state index < -0.39 is 0 Å². The lowest BCUT2D eigenvalue weighted by Crippen LogP contribution is -2.24. The van der Waals surface area contributed by atoms with Crippen molar-refractivity contribution in [2.45, 2.75) is 38.1 Å². The van der Waals surface area contributed by atoms with Gasteiger partial charge in [0.2, 0.25) is 0 Å². The second kappa shape index (κ2) is 4.58. The Labute approximate surface area is 107 Å². The van der Waals surface area contributed by atoms with Gasteiger partial charge in [-0.15, -0.1) is 0 Å². The van der Waals surface area contributed by atoms with Gasteiger partial charge in [0.1, 0.15) is 5.76 Å². The lowest BCUT2D eigenvalue weighted by Gasteiger charge is -2.28. The van der Waals surface area contributed by atoms with Crippen molar-refractivity contribution < 1.29 is 4.42 Å². The van der Waals surface area contributed by atoms with E-state index in [1.165, 1.54) is 17.7 Å². The van der Waals surface area contributed by atoms with Gasteiger partial charge in [0.25, 0.3) is 0 Å². The minimum atomic E-state index is -0.0172. The third-order valence-electron chi connectivity index (χ3n) is 3.81. The molecule has 2 aromatic heterocycles. The topological polar surface area (TPSA) is 52.0 Å². The number of aryl methyl sites for hydroxylation is 2. The second-order valence-corrected chi connectivity index (χ2v) is 5.06. The maximum absolute atomic E-state index is 6.40. The van der Waals surface area contributed by atoms with E-state index in [2.05, 4.69) is 11.1 Å². The van der Waals surface area contributed by atoms with Crippen molar-refractivity contribution in [3.05, 3.63) is 53.2 Å². The third kappa shape index (κ3) is 1.95. The molecule has 0 amide bonds. The van der Waals surface area contributed by atoms with Gasteiger partial charge in [0, 0.05) is 29.4 Å². The van der Waals surface area contributed by atoms with Crippen LogP contribution in [0.25, 0.3) is 0 Å². The van der Waals surface area contributed by atoms with Crippen molar-refractivity contribution >= 4 is 0 Å². The zero-order valence-electron chi connectivity index (χ0n) is 10.6. The number of aromatic nitrogens is 1. The van der Waals surface area contributed by atoms with Crippen LogP contribution in [0.15, 0.2) is 35.1 Å². The first-order chi connectivity index (χ1) is 8.75. The number of rotatable bonds is 2. The monoisotopic (exact) mass is 242 g/mol. The summed E-state index contributed by atoms with van der Waals surface area (Å²) in [6.07, 6.45) is 7.06. The van der Waals surface area contributed by atoms with Crippen LogP contribution in [-0.4, -0.2) is 4.98 Å². The van der Waals surface area contributed by atoms with Crippen molar-refractivity contribution in [1.82, 2.24) is 4.98 Å². The van der Waals surface area contributed by atoms with Gasteiger partial charge in [-0.25, -0.2) is 0 Å². The number of nitrogens with two attached hydrogens (primary N) is 1. The molecule has 0 saturated heterocycles. The summed E-state index contributed by atoms with van der Waals surface area (Å²) < 4.78 is 5.36. The van der Waals surface area contributed by atoms with Gasteiger partial charge in [-0.2, -0.15) is 0 Å². The molecule has 3 rings (SSSR count). The van der Waals surface area contributed by atoms with Crippen LogP contribution < -0.4 is 5.73 Å². The Balaban J connectivity index is 1.94. The molecule has 1 aliphatic carbocycles. The Morgan fingerprint density at radius 3 is 3.17 bits per heavy atom. The lowest BCUT2D eigenvalue weighted by molar-refractivity contribution is 0.456. The van der Waals surface area contributed by atoms with Crippen molar-refractivity contribution in [2.75, 3.05) is 0 Å². The summed E-state index contributed by atoms with van der Waals surface area (Å²) in [5.41, 5.74) is 10.0. The van der Waals surface area contributed by atoms with Gasteiger partial charge >= 0.3 is 0 Å². The molecule has 3 heteroatoms. The molecule has 2 unspecified atom stereocenters. The number of hydrogen-bond acceptors (Lipinski definition) is 3. The minimum absolute atomic E-state index is 0.0172. The Hall–Kier alpha value is -1.61. The van der Waals surface area contributed by atoms with Gasteiger partial charge in [-0.1, -0.05) is 6.07 Å². The number of fused-ring (bicyclic) bond motifs is 1. The highest BCUT2D eigenvalue weighted by Gasteiger charge is 2.28. The van der Waals surface area contributed by atoms with Gasteiger partial charge in [0.15, 0.2) is 0 Å². The smallest absolute Gasteiger partial charge is 0.101 e. The fourth-order valence-electron chi connectivity index (χ4n) is 2.87. The summed E-state index contributed by atoms with van der Waals surface area (Å²) in [4.78, 5) is 4.54. The van der Waals surface area contributed by atoms with Crippen molar-refractivity contribution in [3.8, 4) is 0 Å². The zero-order chi connectivity index (χ0) is 12.5. The van der Waals surface area contributed by atoms with E-state index >= 15 is 0 Å². The first kappa shape index (κ1) is 11.5. The number of pyridine rings is 1. The third-order valence-corrected chi connectivity index (χ3v) is 3.81. The highest BCUT2D eigenvalue weighted by molar-refractivity contribution is 5.30. The number of nitrogens with zero attached hydrogens (tertiary/aromatic N) is 1. The molecule has 0 radical (unpaired) electrons. The minimum Gasteiger partial charge on any atom is -0.469 e. The molecule has 0 bridgehead atoms. The molecule has 2 N–H and O–H groups in total. The molecule has 0 fully saturated rings. The van der Waals surface area contributed by atoms with Crippen molar-refractivity contribution in [3.63, 3.8) is 0 Å². The predicted octanol–water partition coefficient (Wildman–Crippen LogP) is 3.10. The first-order valence-corrected chi connectivity index (χ1v) is 6.50. The molecule has 2 heterocycles. The van der Waals surface area contributed by atoms with E-state index in [0.29, 0.717) is 5.92 Å². The molecule has 2 atom stereocenters. The maximum atomic E-state index is 6.40. The van der Waals surface area contributed by atoms with E-state index in [4.69, 9.17) is 10.2 Å². The first-order valence-electron chi connectivity index (χ1n) is 6.50. The van der Waals surface area contributed by atoms with Crippen LogP contribution in [0.3, 0.4) is 0 Å². The molecule has 0 aromatic carbocycles. The second-order valence-electron chi connectivity index (χ2n) is 5.06. The highest BCUT2D eigenvalue weighted by atomic mass is 16.3. The quantitative estimate of drug-likeness (QED) is 0.880. The molecule has 1 aliphatic rings. The predicted molar refractivity (Wildman–Crippen MR) is 70.3 cm³/mol. The largest absolute Gasteiger partial charge is 0.469 e. The van der Waals surface area contributed by atoms with Crippen LogP contribution in [0.2, 0.25) is 0 Å². The Morgan fingerprint density at radius 2 is 2.39 bits per heavy atom. The maximum Gasteiger partial charge on any atom is 0.101 e. The van der Waals surface area contributed by atoms with Crippen LogP contribution in [0.4, 0.5) is 0 Å². The Kier molecular flexibility index (Phi) is 2.92. The van der Waals surface area contributed by atoms with Gasteiger partial charge in [-0.3, -0.25) is 4.98 Å². The average molecular weight is 242 g/mol.